The number of carbonyl (C=O) groups excluding carboxylic acids is 1. The van der Waals surface area contributed by atoms with Gasteiger partial charge in [-0.1, -0.05) is 13.8 Å². The van der Waals surface area contributed by atoms with Gasteiger partial charge in [-0.05, 0) is 38.5 Å². The largest absolute Gasteiger partial charge is 0.393 e. The van der Waals surface area contributed by atoms with E-state index in [9.17, 15) is 9.90 Å². The molecule has 1 aliphatic heterocycles. The summed E-state index contributed by atoms with van der Waals surface area (Å²) < 4.78 is 5.61. The Balaban J connectivity index is 2.25. The van der Waals surface area contributed by atoms with E-state index in [1.807, 2.05) is 6.92 Å². The van der Waals surface area contributed by atoms with Crippen molar-refractivity contribution in [2.45, 2.75) is 64.7 Å². The number of rotatable bonds is 7. The van der Waals surface area contributed by atoms with Gasteiger partial charge in [0, 0.05) is 13.2 Å². The first-order valence-electron chi connectivity index (χ1n) is 7.37. The van der Waals surface area contributed by atoms with Crippen molar-refractivity contribution in [1.82, 2.24) is 10.6 Å². The highest BCUT2D eigenvalue weighted by Gasteiger charge is 2.25. The minimum atomic E-state index is -0.324. The molecule has 5 nitrogen and oxygen atoms in total. The fraction of sp³-hybridized carbons (Fsp3) is 0.929. The van der Waals surface area contributed by atoms with E-state index < -0.39 is 0 Å². The fourth-order valence-corrected chi connectivity index (χ4v) is 2.53. The molecule has 0 radical (unpaired) electrons. The molecule has 5 heteroatoms. The lowest BCUT2D eigenvalue weighted by molar-refractivity contribution is 0.0795. The number of aliphatic hydroxyl groups excluding tert-OH is 1. The molecule has 0 aromatic rings. The van der Waals surface area contributed by atoms with Crippen molar-refractivity contribution in [3.05, 3.63) is 0 Å². The Bertz CT molecular complexity index is 265. The lowest BCUT2D eigenvalue weighted by Gasteiger charge is -2.23. The van der Waals surface area contributed by atoms with E-state index in [2.05, 4.69) is 17.6 Å². The zero-order chi connectivity index (χ0) is 14.3. The third kappa shape index (κ3) is 6.25. The second-order valence-corrected chi connectivity index (χ2v) is 5.61. The fourth-order valence-electron chi connectivity index (χ4n) is 2.53. The Morgan fingerprint density at radius 1 is 1.47 bits per heavy atom. The van der Waals surface area contributed by atoms with Crippen LogP contribution in [-0.2, 0) is 4.74 Å². The van der Waals surface area contributed by atoms with Crippen molar-refractivity contribution in [2.75, 3.05) is 13.2 Å². The summed E-state index contributed by atoms with van der Waals surface area (Å²) in [6.45, 7) is 7.22. The first kappa shape index (κ1) is 16.2. The van der Waals surface area contributed by atoms with Gasteiger partial charge in [0.1, 0.15) is 0 Å². The molecule has 4 atom stereocenters. The van der Waals surface area contributed by atoms with Crippen LogP contribution >= 0.6 is 0 Å². The second kappa shape index (κ2) is 8.38. The number of urea groups is 1. The lowest BCUT2D eigenvalue weighted by atomic mass is 10.0. The van der Waals surface area contributed by atoms with E-state index in [1.54, 1.807) is 6.92 Å². The number of ether oxygens (including phenoxy) is 1. The second-order valence-electron chi connectivity index (χ2n) is 5.61. The van der Waals surface area contributed by atoms with E-state index in [0.29, 0.717) is 13.0 Å². The zero-order valence-electron chi connectivity index (χ0n) is 12.3. The molecule has 0 spiro atoms. The summed E-state index contributed by atoms with van der Waals surface area (Å²) in [6.07, 6.45) is 3.51. The van der Waals surface area contributed by atoms with Crippen LogP contribution in [0.1, 0.15) is 46.5 Å². The van der Waals surface area contributed by atoms with Gasteiger partial charge < -0.3 is 20.5 Å². The third-order valence-corrected chi connectivity index (χ3v) is 3.52. The molecule has 0 aromatic heterocycles. The van der Waals surface area contributed by atoms with Gasteiger partial charge in [0.05, 0.1) is 18.2 Å². The molecule has 0 saturated carbocycles. The first-order valence-corrected chi connectivity index (χ1v) is 7.37. The summed E-state index contributed by atoms with van der Waals surface area (Å²) in [5.74, 6) is 0.272. The number of hydrogen-bond donors (Lipinski definition) is 3. The summed E-state index contributed by atoms with van der Waals surface area (Å²) in [6, 6.07) is -0.0469. The molecule has 112 valence electrons. The summed E-state index contributed by atoms with van der Waals surface area (Å²) >= 11 is 0. The number of carbonyl (C=O) groups is 1. The smallest absolute Gasteiger partial charge is 0.315 e. The molecule has 1 rings (SSSR count). The van der Waals surface area contributed by atoms with Gasteiger partial charge in [0.25, 0.3) is 0 Å². The van der Waals surface area contributed by atoms with Crippen LogP contribution in [0.25, 0.3) is 0 Å². The molecule has 1 heterocycles. The van der Waals surface area contributed by atoms with Crippen molar-refractivity contribution in [2.24, 2.45) is 5.92 Å². The summed E-state index contributed by atoms with van der Waals surface area (Å²) in [5.41, 5.74) is 0. The lowest BCUT2D eigenvalue weighted by Crippen LogP contribution is -2.48. The predicted molar refractivity (Wildman–Crippen MR) is 75.0 cm³/mol. The summed E-state index contributed by atoms with van der Waals surface area (Å²) in [5, 5.41) is 15.1. The number of hydrogen-bond acceptors (Lipinski definition) is 3. The molecule has 0 bridgehead atoms. The van der Waals surface area contributed by atoms with Crippen molar-refractivity contribution < 1.29 is 14.6 Å². The molecule has 3 N–H and O–H groups in total. The zero-order valence-corrected chi connectivity index (χ0v) is 12.3. The van der Waals surface area contributed by atoms with Gasteiger partial charge in [0.2, 0.25) is 0 Å². The van der Waals surface area contributed by atoms with Crippen LogP contribution in [0, 0.1) is 5.92 Å². The molecule has 19 heavy (non-hydrogen) atoms. The highest BCUT2D eigenvalue weighted by molar-refractivity contribution is 5.74. The monoisotopic (exact) mass is 272 g/mol. The normalized spacial score (nSPS) is 23.7. The van der Waals surface area contributed by atoms with Crippen molar-refractivity contribution in [3.8, 4) is 0 Å². The number of nitrogens with one attached hydrogen (secondary N) is 2. The minimum Gasteiger partial charge on any atom is -0.393 e. The van der Waals surface area contributed by atoms with Crippen LogP contribution in [0.5, 0.6) is 0 Å². The van der Waals surface area contributed by atoms with Crippen LogP contribution in [0.15, 0.2) is 0 Å². The Hall–Kier alpha value is -0.810. The minimum absolute atomic E-state index is 0.0922. The molecule has 1 fully saturated rings. The molecule has 0 aromatic carbocycles. The van der Waals surface area contributed by atoms with Crippen LogP contribution in [-0.4, -0.2) is 42.5 Å². The van der Waals surface area contributed by atoms with Crippen molar-refractivity contribution in [3.63, 3.8) is 0 Å². The molecular formula is C14H28N2O3. The Kier molecular flexibility index (Phi) is 7.16. The standard InChI is InChI=1S/C14H28N2O3/c1-4-12(13-6-5-7-19-13)16-14(18)15-9-10(2)8-11(3)17/h10-13,17H,4-9H2,1-3H3,(H2,15,16,18). The van der Waals surface area contributed by atoms with Gasteiger partial charge in [-0.25, -0.2) is 4.79 Å². The van der Waals surface area contributed by atoms with E-state index in [1.165, 1.54) is 0 Å². The average Bonchev–Trinajstić information content (AvgIpc) is 2.86. The van der Waals surface area contributed by atoms with Crippen LogP contribution in [0.2, 0.25) is 0 Å². The van der Waals surface area contributed by atoms with Crippen LogP contribution in [0.4, 0.5) is 4.79 Å². The highest BCUT2D eigenvalue weighted by Crippen LogP contribution is 2.17. The van der Waals surface area contributed by atoms with Gasteiger partial charge in [-0.3, -0.25) is 0 Å². The Morgan fingerprint density at radius 3 is 2.74 bits per heavy atom. The quantitative estimate of drug-likeness (QED) is 0.660. The van der Waals surface area contributed by atoms with Gasteiger partial charge >= 0.3 is 6.03 Å². The Morgan fingerprint density at radius 2 is 2.21 bits per heavy atom. The maximum absolute atomic E-state index is 11.8. The van der Waals surface area contributed by atoms with E-state index >= 15 is 0 Å². The molecule has 1 saturated heterocycles. The van der Waals surface area contributed by atoms with E-state index in [0.717, 1.165) is 25.9 Å². The summed E-state index contributed by atoms with van der Waals surface area (Å²) in [7, 11) is 0. The molecule has 0 aliphatic carbocycles. The maximum atomic E-state index is 11.8. The average molecular weight is 272 g/mol. The topological polar surface area (TPSA) is 70.6 Å². The molecule has 4 unspecified atom stereocenters. The van der Waals surface area contributed by atoms with Gasteiger partial charge in [0.15, 0.2) is 0 Å². The SMILES string of the molecule is CCC(NC(=O)NCC(C)CC(C)O)C1CCCO1. The van der Waals surface area contributed by atoms with E-state index in [4.69, 9.17) is 4.74 Å². The molecular weight excluding hydrogens is 244 g/mol. The van der Waals surface area contributed by atoms with Gasteiger partial charge in [-0.2, -0.15) is 0 Å². The first-order chi connectivity index (χ1) is 9.02. The maximum Gasteiger partial charge on any atom is 0.315 e. The van der Waals surface area contributed by atoms with Crippen LogP contribution in [0.3, 0.4) is 0 Å². The van der Waals surface area contributed by atoms with Crippen molar-refractivity contribution >= 4 is 6.03 Å². The van der Waals surface area contributed by atoms with Crippen LogP contribution < -0.4 is 10.6 Å². The van der Waals surface area contributed by atoms with Gasteiger partial charge in [-0.15, -0.1) is 0 Å². The Labute approximate surface area is 116 Å². The number of amides is 2. The predicted octanol–water partition coefficient (Wildman–Crippen LogP) is 1.65. The molecule has 1 aliphatic rings. The molecule has 2 amide bonds. The summed E-state index contributed by atoms with van der Waals surface area (Å²) in [4.78, 5) is 11.8. The van der Waals surface area contributed by atoms with Crippen molar-refractivity contribution in [1.29, 1.82) is 0 Å². The third-order valence-electron chi connectivity index (χ3n) is 3.52. The van der Waals surface area contributed by atoms with E-state index in [-0.39, 0.29) is 30.2 Å². The highest BCUT2D eigenvalue weighted by atomic mass is 16.5. The number of aliphatic hydroxyl groups is 1.